The van der Waals surface area contributed by atoms with Crippen molar-refractivity contribution in [2.75, 3.05) is 25.0 Å². The summed E-state index contributed by atoms with van der Waals surface area (Å²) in [7, 11) is 6.11. The Balaban J connectivity index is 1.53. The van der Waals surface area contributed by atoms with Gasteiger partial charge in [-0.25, -0.2) is 4.99 Å². The van der Waals surface area contributed by atoms with Gasteiger partial charge in [-0.15, -0.1) is 10.2 Å². The van der Waals surface area contributed by atoms with E-state index in [2.05, 4.69) is 69.3 Å². The number of hydrogen-bond donors (Lipinski definition) is 2. The predicted octanol–water partition coefficient (Wildman–Crippen LogP) is 2.22. The first-order valence-corrected chi connectivity index (χ1v) is 10.3. The number of aryl methyl sites for hydroxylation is 2. The maximum Gasteiger partial charge on any atom is 0.191 e. The van der Waals surface area contributed by atoms with Gasteiger partial charge in [0.2, 0.25) is 0 Å². The van der Waals surface area contributed by atoms with E-state index in [1.165, 1.54) is 11.3 Å². The lowest BCUT2D eigenvalue weighted by Crippen LogP contribution is -2.39. The molecule has 0 bridgehead atoms. The van der Waals surface area contributed by atoms with Gasteiger partial charge >= 0.3 is 0 Å². The number of nitrogens with one attached hydrogen (secondary N) is 2. The molecule has 2 N–H and O–H groups in total. The van der Waals surface area contributed by atoms with Gasteiger partial charge in [0.05, 0.1) is 13.1 Å². The van der Waals surface area contributed by atoms with E-state index in [9.17, 15) is 0 Å². The standard InChI is InChI=1S/C22H32N8/c1-18-26-27-21(30(18)4)16-25-22(24-15-19-11-14-28(2)17-19)23-12-8-13-29(3)20-9-6-5-7-10-20/h5-7,9-11,14,17H,8,12-13,15-16H2,1-4H3,(H2,23,24,25). The first kappa shape index (κ1) is 21.4. The average molecular weight is 409 g/mol. The number of guanidine groups is 1. The normalized spacial score (nSPS) is 11.5. The molecule has 0 atom stereocenters. The maximum absolute atomic E-state index is 4.74. The van der Waals surface area contributed by atoms with E-state index < -0.39 is 0 Å². The third-order valence-corrected chi connectivity index (χ3v) is 5.07. The van der Waals surface area contributed by atoms with Crippen LogP contribution < -0.4 is 15.5 Å². The summed E-state index contributed by atoms with van der Waals surface area (Å²) >= 11 is 0. The van der Waals surface area contributed by atoms with Gasteiger partial charge in [0, 0.05) is 52.3 Å². The number of anilines is 1. The van der Waals surface area contributed by atoms with Crippen molar-refractivity contribution >= 4 is 11.6 Å². The van der Waals surface area contributed by atoms with Crippen molar-refractivity contribution < 1.29 is 0 Å². The second kappa shape index (κ2) is 10.5. The SMILES string of the molecule is Cc1nnc(CNC(=NCc2ccn(C)c2)NCCCN(C)c2ccccc2)n1C. The number of hydrogen-bond acceptors (Lipinski definition) is 4. The van der Waals surface area contributed by atoms with Gasteiger partial charge < -0.3 is 24.7 Å². The molecule has 0 spiro atoms. The smallest absolute Gasteiger partial charge is 0.191 e. The maximum atomic E-state index is 4.74. The highest BCUT2D eigenvalue weighted by atomic mass is 15.3. The summed E-state index contributed by atoms with van der Waals surface area (Å²) in [5, 5.41) is 15.2. The Morgan fingerprint density at radius 2 is 1.90 bits per heavy atom. The van der Waals surface area contributed by atoms with Gasteiger partial charge in [0.25, 0.3) is 0 Å². The predicted molar refractivity (Wildman–Crippen MR) is 121 cm³/mol. The van der Waals surface area contributed by atoms with Crippen LogP contribution in [0.5, 0.6) is 0 Å². The highest BCUT2D eigenvalue weighted by Gasteiger charge is 2.07. The molecule has 0 saturated heterocycles. The molecule has 3 aromatic rings. The second-order valence-electron chi connectivity index (χ2n) is 7.46. The zero-order valence-corrected chi connectivity index (χ0v) is 18.3. The summed E-state index contributed by atoms with van der Waals surface area (Å²) in [6, 6.07) is 12.5. The fourth-order valence-corrected chi connectivity index (χ4v) is 3.10. The van der Waals surface area contributed by atoms with Crippen LogP contribution in [-0.2, 0) is 27.2 Å². The van der Waals surface area contributed by atoms with Crippen molar-refractivity contribution in [1.82, 2.24) is 30.0 Å². The zero-order chi connectivity index (χ0) is 21.3. The number of aliphatic imine (C=N–C) groups is 1. The third kappa shape index (κ3) is 6.10. The van der Waals surface area contributed by atoms with E-state index in [4.69, 9.17) is 4.99 Å². The summed E-state index contributed by atoms with van der Waals surface area (Å²) in [5.41, 5.74) is 2.41. The third-order valence-electron chi connectivity index (χ3n) is 5.07. The second-order valence-corrected chi connectivity index (χ2v) is 7.46. The molecule has 0 saturated carbocycles. The molecule has 2 aromatic heterocycles. The molecule has 8 heteroatoms. The molecular weight excluding hydrogens is 376 g/mol. The quantitative estimate of drug-likeness (QED) is 0.323. The van der Waals surface area contributed by atoms with Crippen LogP contribution in [0.2, 0.25) is 0 Å². The first-order chi connectivity index (χ1) is 14.5. The number of benzene rings is 1. The molecule has 2 heterocycles. The van der Waals surface area contributed by atoms with Crippen LogP contribution in [0.25, 0.3) is 0 Å². The van der Waals surface area contributed by atoms with Crippen molar-refractivity contribution in [3.8, 4) is 0 Å². The van der Waals surface area contributed by atoms with Crippen LogP contribution in [0, 0.1) is 6.92 Å². The van der Waals surface area contributed by atoms with Crippen LogP contribution in [0.3, 0.4) is 0 Å². The highest BCUT2D eigenvalue weighted by Crippen LogP contribution is 2.10. The van der Waals surface area contributed by atoms with E-state index in [1.807, 2.05) is 42.4 Å². The largest absolute Gasteiger partial charge is 0.375 e. The summed E-state index contributed by atoms with van der Waals surface area (Å²) in [4.78, 5) is 7.01. The van der Waals surface area contributed by atoms with Crippen LogP contribution in [0.15, 0.2) is 53.8 Å². The van der Waals surface area contributed by atoms with Gasteiger partial charge in [-0.1, -0.05) is 18.2 Å². The number of aromatic nitrogens is 4. The Kier molecular flexibility index (Phi) is 7.48. The van der Waals surface area contributed by atoms with Crippen LogP contribution >= 0.6 is 0 Å². The van der Waals surface area contributed by atoms with Crippen LogP contribution in [-0.4, -0.2) is 45.4 Å². The summed E-state index contributed by atoms with van der Waals surface area (Å²) in [6.45, 7) is 4.93. The fourth-order valence-electron chi connectivity index (χ4n) is 3.10. The molecule has 0 aliphatic heterocycles. The van der Waals surface area contributed by atoms with E-state index in [1.54, 1.807) is 0 Å². The van der Waals surface area contributed by atoms with Crippen LogP contribution in [0.4, 0.5) is 5.69 Å². The zero-order valence-electron chi connectivity index (χ0n) is 18.3. The molecule has 3 rings (SSSR count). The molecular formula is C22H32N8. The fraction of sp³-hybridized carbons (Fsp3) is 0.409. The van der Waals surface area contributed by atoms with Gasteiger partial charge in [0.15, 0.2) is 11.8 Å². The average Bonchev–Trinajstić information content (AvgIpc) is 3.32. The van der Waals surface area contributed by atoms with Gasteiger partial charge in [-0.3, -0.25) is 0 Å². The molecule has 0 fully saturated rings. The molecule has 8 nitrogen and oxygen atoms in total. The minimum Gasteiger partial charge on any atom is -0.375 e. The molecule has 0 aliphatic rings. The van der Waals surface area contributed by atoms with Gasteiger partial charge in [-0.05, 0) is 37.1 Å². The van der Waals surface area contributed by atoms with Crippen molar-refractivity contribution in [1.29, 1.82) is 0 Å². The summed E-state index contributed by atoms with van der Waals surface area (Å²) < 4.78 is 4.02. The molecule has 0 radical (unpaired) electrons. The lowest BCUT2D eigenvalue weighted by Gasteiger charge is -2.19. The van der Waals surface area contributed by atoms with E-state index in [0.29, 0.717) is 13.1 Å². The Morgan fingerprint density at radius 1 is 1.10 bits per heavy atom. The number of nitrogens with zero attached hydrogens (tertiary/aromatic N) is 6. The topological polar surface area (TPSA) is 75.3 Å². The van der Waals surface area contributed by atoms with Crippen molar-refractivity contribution in [2.45, 2.75) is 26.4 Å². The van der Waals surface area contributed by atoms with Gasteiger partial charge in [-0.2, -0.15) is 0 Å². The van der Waals surface area contributed by atoms with Crippen molar-refractivity contribution in [2.24, 2.45) is 19.1 Å². The molecule has 0 aliphatic carbocycles. The van der Waals surface area contributed by atoms with E-state index in [-0.39, 0.29) is 0 Å². The van der Waals surface area contributed by atoms with E-state index in [0.717, 1.165) is 37.1 Å². The minimum absolute atomic E-state index is 0.571. The monoisotopic (exact) mass is 408 g/mol. The van der Waals surface area contributed by atoms with Gasteiger partial charge in [0.1, 0.15) is 5.82 Å². The minimum atomic E-state index is 0.571. The molecule has 0 unspecified atom stereocenters. The van der Waals surface area contributed by atoms with Crippen LogP contribution in [0.1, 0.15) is 23.6 Å². The Morgan fingerprint density at radius 3 is 2.57 bits per heavy atom. The Bertz CT molecular complexity index is 941. The summed E-state index contributed by atoms with van der Waals surface area (Å²) in [5.74, 6) is 2.55. The molecule has 30 heavy (non-hydrogen) atoms. The Labute approximate surface area is 178 Å². The Hall–Kier alpha value is -3.29. The number of rotatable bonds is 9. The van der Waals surface area contributed by atoms with Crippen molar-refractivity contribution in [3.05, 3.63) is 66.0 Å². The van der Waals surface area contributed by atoms with E-state index >= 15 is 0 Å². The lowest BCUT2D eigenvalue weighted by atomic mass is 10.3. The first-order valence-electron chi connectivity index (χ1n) is 10.3. The molecule has 160 valence electrons. The molecule has 1 aromatic carbocycles. The van der Waals surface area contributed by atoms with Crippen molar-refractivity contribution in [3.63, 3.8) is 0 Å². The summed E-state index contributed by atoms with van der Waals surface area (Å²) in [6.07, 6.45) is 5.12. The highest BCUT2D eigenvalue weighted by molar-refractivity contribution is 5.79. The lowest BCUT2D eigenvalue weighted by molar-refractivity contribution is 0.697. The number of para-hydroxylation sites is 1. The molecule has 0 amide bonds.